The minimum absolute atomic E-state index is 0.553. The van der Waals surface area contributed by atoms with Crippen LogP contribution in [0, 0.1) is 0 Å². The fourth-order valence-corrected chi connectivity index (χ4v) is 0.725. The zero-order valence-electron chi connectivity index (χ0n) is 6.01. The molecule has 0 atom stereocenters. The van der Waals surface area contributed by atoms with Crippen molar-refractivity contribution in [2.45, 2.75) is 24.2 Å². The second-order valence-corrected chi connectivity index (χ2v) is 3.95. The molecule has 0 spiro atoms. The van der Waals surface area contributed by atoms with Gasteiger partial charge in [-0.1, -0.05) is 0 Å². The van der Waals surface area contributed by atoms with Gasteiger partial charge in [-0.05, 0) is 13.8 Å². The predicted molar refractivity (Wildman–Crippen MR) is 45.3 cm³/mol. The van der Waals surface area contributed by atoms with E-state index in [1.54, 1.807) is 0 Å². The van der Waals surface area contributed by atoms with Crippen LogP contribution in [0.2, 0.25) is 0 Å². The summed E-state index contributed by atoms with van der Waals surface area (Å²) in [6, 6.07) is 0. The molecule has 66 valence electrons. The number of nitrogens with zero attached hydrogens (tertiary/aromatic N) is 1. The largest absolute Gasteiger partial charge is 0.464 e. The molecule has 0 rings (SSSR count). The van der Waals surface area contributed by atoms with Crippen LogP contribution in [0.4, 0.5) is 4.79 Å². The summed E-state index contributed by atoms with van der Waals surface area (Å²) >= 11 is 16.3. The monoisotopic (exact) mass is 219 g/mol. The molecule has 0 saturated carbocycles. The molecule has 0 unspecified atom stereocenters. The quantitative estimate of drug-likeness (QED) is 0.574. The van der Waals surface area contributed by atoms with Crippen molar-refractivity contribution in [2.24, 2.45) is 0 Å². The van der Waals surface area contributed by atoms with Crippen molar-refractivity contribution >= 4 is 41.1 Å². The van der Waals surface area contributed by atoms with Crippen LogP contribution < -0.4 is 0 Å². The Kier molecular flexibility index (Phi) is 3.74. The molecular formula is C5H8Cl3NO2. The van der Waals surface area contributed by atoms with Crippen molar-refractivity contribution in [3.05, 3.63) is 0 Å². The van der Waals surface area contributed by atoms with E-state index in [0.717, 1.165) is 0 Å². The first-order valence-corrected chi connectivity index (χ1v) is 3.98. The van der Waals surface area contributed by atoms with E-state index in [4.69, 9.17) is 40.1 Å². The number of hydrogen-bond donors (Lipinski definition) is 1. The van der Waals surface area contributed by atoms with E-state index >= 15 is 0 Å². The van der Waals surface area contributed by atoms with Gasteiger partial charge in [0.05, 0.1) is 5.54 Å². The number of hydrogen-bond acceptors (Lipinski definition) is 1. The lowest BCUT2D eigenvalue weighted by Gasteiger charge is -2.31. The molecule has 0 aliphatic heterocycles. The van der Waals surface area contributed by atoms with E-state index in [1.165, 1.54) is 13.8 Å². The average Bonchev–Trinajstić information content (AvgIpc) is 1.85. The Labute approximate surface area is 79.9 Å². The highest BCUT2D eigenvalue weighted by Crippen LogP contribution is 2.27. The second kappa shape index (κ2) is 3.70. The van der Waals surface area contributed by atoms with Crippen molar-refractivity contribution in [3.8, 4) is 0 Å². The fourth-order valence-electron chi connectivity index (χ4n) is 0.332. The summed E-state index contributed by atoms with van der Waals surface area (Å²) in [5, 5.41) is 8.44. The van der Waals surface area contributed by atoms with Crippen LogP contribution in [0.15, 0.2) is 0 Å². The minimum atomic E-state index is -1.28. The highest BCUT2D eigenvalue weighted by molar-refractivity contribution is 6.45. The van der Waals surface area contributed by atoms with Crippen LogP contribution in [0.25, 0.3) is 0 Å². The van der Waals surface area contributed by atoms with Crippen molar-refractivity contribution < 1.29 is 9.90 Å². The lowest BCUT2D eigenvalue weighted by Crippen LogP contribution is -2.45. The van der Waals surface area contributed by atoms with Crippen molar-refractivity contribution in [3.63, 3.8) is 0 Å². The molecule has 0 bridgehead atoms. The average molecular weight is 220 g/mol. The Hall–Kier alpha value is 0.140. The SMILES string of the molecule is CC(C)(C(Cl)Cl)N(Cl)C(=O)O. The van der Waals surface area contributed by atoms with Crippen LogP contribution in [-0.4, -0.2) is 26.0 Å². The Morgan fingerprint density at radius 2 is 1.91 bits per heavy atom. The van der Waals surface area contributed by atoms with Crippen LogP contribution in [0.5, 0.6) is 0 Å². The molecule has 0 saturated heterocycles. The third-order valence-electron chi connectivity index (χ3n) is 1.21. The lowest BCUT2D eigenvalue weighted by molar-refractivity contribution is 0.146. The first-order valence-electron chi connectivity index (χ1n) is 2.77. The van der Waals surface area contributed by atoms with E-state index < -0.39 is 16.5 Å². The van der Waals surface area contributed by atoms with Crippen LogP contribution in [-0.2, 0) is 0 Å². The highest BCUT2D eigenvalue weighted by Gasteiger charge is 2.35. The minimum Gasteiger partial charge on any atom is -0.464 e. The van der Waals surface area contributed by atoms with Gasteiger partial charge in [-0.2, -0.15) is 0 Å². The van der Waals surface area contributed by atoms with Crippen molar-refractivity contribution in [2.75, 3.05) is 0 Å². The normalized spacial score (nSPS) is 11.8. The van der Waals surface area contributed by atoms with Gasteiger partial charge in [-0.15, -0.1) is 23.2 Å². The Balaban J connectivity index is 4.41. The van der Waals surface area contributed by atoms with E-state index in [0.29, 0.717) is 4.42 Å². The van der Waals surface area contributed by atoms with Gasteiger partial charge in [-0.25, -0.2) is 9.21 Å². The molecule has 0 fully saturated rings. The summed E-state index contributed by atoms with van der Waals surface area (Å²) < 4.78 is 0.553. The van der Waals surface area contributed by atoms with Gasteiger partial charge in [0.15, 0.2) is 0 Å². The molecule has 0 aromatic carbocycles. The third-order valence-corrected chi connectivity index (χ3v) is 2.86. The van der Waals surface area contributed by atoms with Gasteiger partial charge >= 0.3 is 6.09 Å². The van der Waals surface area contributed by atoms with Gasteiger partial charge in [0.25, 0.3) is 0 Å². The first kappa shape index (κ1) is 11.1. The Morgan fingerprint density at radius 1 is 1.55 bits per heavy atom. The summed E-state index contributed by atoms with van der Waals surface area (Å²) in [5.41, 5.74) is -0.990. The second-order valence-electron chi connectivity index (χ2n) is 2.52. The van der Waals surface area contributed by atoms with Gasteiger partial charge in [0.2, 0.25) is 0 Å². The zero-order chi connectivity index (χ0) is 9.23. The van der Waals surface area contributed by atoms with Crippen LogP contribution in [0.1, 0.15) is 13.8 Å². The lowest BCUT2D eigenvalue weighted by atomic mass is 10.1. The third kappa shape index (κ3) is 2.58. The number of halogens is 3. The summed E-state index contributed by atoms with van der Waals surface area (Å²) in [7, 11) is 0. The predicted octanol–water partition coefficient (Wildman–Crippen LogP) is 2.70. The molecule has 0 aromatic rings. The number of alkyl halides is 2. The molecule has 3 nitrogen and oxygen atoms in total. The van der Waals surface area contributed by atoms with Gasteiger partial charge < -0.3 is 5.11 Å². The van der Waals surface area contributed by atoms with Crippen LogP contribution >= 0.6 is 35.0 Å². The summed E-state index contributed by atoms with van der Waals surface area (Å²) in [6.07, 6.45) is -1.28. The summed E-state index contributed by atoms with van der Waals surface area (Å²) in [5.74, 6) is 0. The van der Waals surface area contributed by atoms with E-state index in [1.807, 2.05) is 0 Å². The van der Waals surface area contributed by atoms with Gasteiger partial charge in [0.1, 0.15) is 4.84 Å². The molecule has 0 aliphatic rings. The molecule has 1 amide bonds. The topological polar surface area (TPSA) is 40.5 Å². The van der Waals surface area contributed by atoms with Crippen molar-refractivity contribution in [1.29, 1.82) is 0 Å². The molecule has 0 radical (unpaired) electrons. The maximum Gasteiger partial charge on any atom is 0.422 e. The van der Waals surface area contributed by atoms with Crippen LogP contribution in [0.3, 0.4) is 0 Å². The first-order chi connectivity index (χ1) is 4.80. The summed E-state index contributed by atoms with van der Waals surface area (Å²) in [6.45, 7) is 3.05. The fraction of sp³-hybridized carbons (Fsp3) is 0.800. The van der Waals surface area contributed by atoms with Gasteiger partial charge in [-0.3, -0.25) is 0 Å². The molecule has 0 aliphatic carbocycles. The highest BCUT2D eigenvalue weighted by atomic mass is 35.5. The van der Waals surface area contributed by atoms with E-state index in [9.17, 15) is 4.79 Å². The maximum absolute atomic E-state index is 10.3. The Bertz CT molecular complexity index is 160. The Morgan fingerprint density at radius 3 is 2.00 bits per heavy atom. The number of amides is 1. The molecular weight excluding hydrogens is 212 g/mol. The number of carboxylic acid groups (broad SMARTS) is 1. The number of rotatable bonds is 2. The molecule has 6 heteroatoms. The molecule has 0 aromatic heterocycles. The van der Waals surface area contributed by atoms with E-state index in [-0.39, 0.29) is 0 Å². The standard InChI is InChI=1S/C5H8Cl3NO2/c1-5(2,3(6)7)9(8)4(10)11/h3H,1-2H3,(H,10,11). The zero-order valence-corrected chi connectivity index (χ0v) is 8.28. The van der Waals surface area contributed by atoms with Crippen molar-refractivity contribution in [1.82, 2.24) is 4.42 Å². The van der Waals surface area contributed by atoms with E-state index in [2.05, 4.69) is 0 Å². The summed E-state index contributed by atoms with van der Waals surface area (Å²) in [4.78, 5) is 9.46. The molecule has 0 heterocycles. The molecule has 1 N–H and O–H groups in total. The number of carbonyl (C=O) groups is 1. The van der Waals surface area contributed by atoms with Gasteiger partial charge in [0, 0.05) is 11.8 Å². The molecule has 11 heavy (non-hydrogen) atoms. The maximum atomic E-state index is 10.3. The smallest absolute Gasteiger partial charge is 0.422 e.